The number of aromatic nitrogens is 1. The lowest BCUT2D eigenvalue weighted by Crippen LogP contribution is -2.37. The van der Waals surface area contributed by atoms with Crippen molar-refractivity contribution in [2.75, 3.05) is 13.1 Å². The largest absolute Gasteiger partial charge is 0.326 e. The number of benzene rings is 1. The van der Waals surface area contributed by atoms with Crippen LogP contribution in [0, 0.1) is 6.92 Å². The third-order valence-electron chi connectivity index (χ3n) is 4.55. The first-order chi connectivity index (χ1) is 10.7. The predicted molar refractivity (Wildman–Crippen MR) is 89.3 cm³/mol. The molecule has 0 aliphatic carbocycles. The molecule has 0 spiro atoms. The first-order valence-electron chi connectivity index (χ1n) is 7.90. The first kappa shape index (κ1) is 15.0. The zero-order valence-electron chi connectivity index (χ0n) is 13.3. The zero-order chi connectivity index (χ0) is 15.7. The summed E-state index contributed by atoms with van der Waals surface area (Å²) < 4.78 is 1.89. The Hall–Kier alpha value is -1.91. The molecule has 2 aromatic rings. The summed E-state index contributed by atoms with van der Waals surface area (Å²) in [6.45, 7) is 7.42. The molecule has 3 rings (SSSR count). The van der Waals surface area contributed by atoms with E-state index in [9.17, 15) is 4.79 Å². The molecule has 2 N–H and O–H groups in total. The van der Waals surface area contributed by atoms with Gasteiger partial charge in [0.25, 0.3) is 5.56 Å². The molecular weight excluding hydrogens is 274 g/mol. The number of hydrogen-bond donors (Lipinski definition) is 1. The minimum atomic E-state index is 0.0282. The molecule has 0 saturated heterocycles. The number of nitrogens with two attached hydrogens (primary N) is 1. The molecule has 22 heavy (non-hydrogen) atoms. The zero-order valence-corrected chi connectivity index (χ0v) is 13.3. The Morgan fingerprint density at radius 1 is 1.27 bits per heavy atom. The van der Waals surface area contributed by atoms with E-state index in [1.807, 2.05) is 41.8 Å². The van der Waals surface area contributed by atoms with Crippen molar-refractivity contribution in [2.45, 2.75) is 33.4 Å². The number of para-hydroxylation sites is 1. The average molecular weight is 297 g/mol. The molecule has 0 radical (unpaired) electrons. The molecule has 1 aromatic carbocycles. The van der Waals surface area contributed by atoms with E-state index >= 15 is 0 Å². The summed E-state index contributed by atoms with van der Waals surface area (Å²) in [6, 6.07) is 10.1. The molecular formula is C18H23N3O. The van der Waals surface area contributed by atoms with Crippen LogP contribution in [-0.4, -0.2) is 22.6 Å². The third-order valence-corrected chi connectivity index (χ3v) is 4.55. The van der Waals surface area contributed by atoms with Crippen molar-refractivity contribution in [1.82, 2.24) is 9.47 Å². The van der Waals surface area contributed by atoms with Crippen LogP contribution in [0.25, 0.3) is 5.69 Å². The molecule has 1 aliphatic rings. The lowest BCUT2D eigenvalue weighted by molar-refractivity contribution is 0.263. The highest BCUT2D eigenvalue weighted by molar-refractivity contribution is 5.45. The average Bonchev–Trinajstić information content (AvgIpc) is 2.55. The van der Waals surface area contributed by atoms with Crippen LogP contribution in [0.5, 0.6) is 0 Å². The quantitative estimate of drug-likeness (QED) is 0.942. The summed E-state index contributed by atoms with van der Waals surface area (Å²) in [7, 11) is 0. The fraction of sp³-hybridized carbons (Fsp3) is 0.389. The molecule has 0 bridgehead atoms. The molecule has 4 nitrogen and oxygen atoms in total. The van der Waals surface area contributed by atoms with Crippen LogP contribution in [0.4, 0.5) is 0 Å². The second-order valence-electron chi connectivity index (χ2n) is 5.89. The fourth-order valence-electron chi connectivity index (χ4n) is 3.24. The number of rotatable bonds is 3. The van der Waals surface area contributed by atoms with Crippen molar-refractivity contribution in [1.29, 1.82) is 0 Å². The maximum Gasteiger partial charge on any atom is 0.259 e. The molecule has 116 valence electrons. The summed E-state index contributed by atoms with van der Waals surface area (Å²) in [5.41, 5.74) is 11.0. The molecule has 0 atom stereocenters. The van der Waals surface area contributed by atoms with Gasteiger partial charge in [0.1, 0.15) is 0 Å². The molecule has 0 saturated carbocycles. The summed E-state index contributed by atoms with van der Waals surface area (Å²) in [5.74, 6) is 0. The highest BCUT2D eigenvalue weighted by Crippen LogP contribution is 2.23. The van der Waals surface area contributed by atoms with Crippen molar-refractivity contribution in [3.05, 3.63) is 63.1 Å². The molecule has 1 aromatic heterocycles. The molecule has 2 heterocycles. The Morgan fingerprint density at radius 2 is 2.05 bits per heavy atom. The standard InChI is InChI=1S/C18H23N3O/c1-3-20-9-8-17-15(12-20)10-14(11-19)18(22)21(17)16-7-5-4-6-13(16)2/h4-7,10H,3,8-9,11-12,19H2,1-2H3. The molecule has 0 unspecified atom stereocenters. The van der Waals surface area contributed by atoms with Gasteiger partial charge in [0.15, 0.2) is 0 Å². The normalized spacial score (nSPS) is 14.9. The number of likely N-dealkylation sites (N-methyl/N-ethyl adjacent to an activating group) is 1. The second kappa shape index (κ2) is 6.07. The van der Waals surface area contributed by atoms with Crippen molar-refractivity contribution in [3.63, 3.8) is 0 Å². The van der Waals surface area contributed by atoms with E-state index < -0.39 is 0 Å². The van der Waals surface area contributed by atoms with Crippen molar-refractivity contribution < 1.29 is 0 Å². The Morgan fingerprint density at radius 3 is 2.73 bits per heavy atom. The van der Waals surface area contributed by atoms with Crippen LogP contribution >= 0.6 is 0 Å². The van der Waals surface area contributed by atoms with Gasteiger partial charge in [-0.3, -0.25) is 14.3 Å². The van der Waals surface area contributed by atoms with E-state index in [1.165, 1.54) is 5.56 Å². The number of aryl methyl sites for hydroxylation is 1. The Kier molecular flexibility index (Phi) is 4.14. The highest BCUT2D eigenvalue weighted by Gasteiger charge is 2.22. The van der Waals surface area contributed by atoms with E-state index in [0.29, 0.717) is 5.56 Å². The summed E-state index contributed by atoms with van der Waals surface area (Å²) >= 11 is 0. The van der Waals surface area contributed by atoms with Crippen LogP contribution in [0.15, 0.2) is 35.1 Å². The predicted octanol–water partition coefficient (Wildman–Crippen LogP) is 1.98. The molecule has 0 amide bonds. The van der Waals surface area contributed by atoms with Crippen LogP contribution < -0.4 is 11.3 Å². The third kappa shape index (κ3) is 2.49. The SMILES string of the molecule is CCN1CCc2c(cc(CN)c(=O)n2-c2ccccc2C)C1. The van der Waals surface area contributed by atoms with Crippen LogP contribution in [0.1, 0.15) is 29.3 Å². The van der Waals surface area contributed by atoms with E-state index in [-0.39, 0.29) is 12.1 Å². The van der Waals surface area contributed by atoms with Gasteiger partial charge in [-0.25, -0.2) is 0 Å². The fourth-order valence-corrected chi connectivity index (χ4v) is 3.24. The van der Waals surface area contributed by atoms with Crippen molar-refractivity contribution in [2.24, 2.45) is 5.73 Å². The van der Waals surface area contributed by atoms with Gasteiger partial charge in [-0.1, -0.05) is 25.1 Å². The monoisotopic (exact) mass is 297 g/mol. The summed E-state index contributed by atoms with van der Waals surface area (Å²) in [4.78, 5) is 15.2. The van der Waals surface area contributed by atoms with Gasteiger partial charge in [-0.15, -0.1) is 0 Å². The number of nitrogens with zero attached hydrogens (tertiary/aromatic N) is 2. The molecule has 4 heteroatoms. The maximum absolute atomic E-state index is 12.8. The van der Waals surface area contributed by atoms with Gasteiger partial charge >= 0.3 is 0 Å². The van der Waals surface area contributed by atoms with Gasteiger partial charge in [0.05, 0.1) is 5.69 Å². The van der Waals surface area contributed by atoms with Crippen LogP contribution in [0.3, 0.4) is 0 Å². The topological polar surface area (TPSA) is 51.3 Å². The lowest BCUT2D eigenvalue weighted by Gasteiger charge is -2.30. The van der Waals surface area contributed by atoms with E-state index in [4.69, 9.17) is 5.73 Å². The number of pyridine rings is 1. The second-order valence-corrected chi connectivity index (χ2v) is 5.89. The first-order valence-corrected chi connectivity index (χ1v) is 7.90. The Balaban J connectivity index is 2.25. The van der Waals surface area contributed by atoms with Crippen molar-refractivity contribution >= 4 is 0 Å². The van der Waals surface area contributed by atoms with E-state index in [2.05, 4.69) is 11.8 Å². The lowest BCUT2D eigenvalue weighted by atomic mass is 10.0. The van der Waals surface area contributed by atoms with E-state index in [0.717, 1.165) is 43.0 Å². The Labute approximate surface area is 131 Å². The summed E-state index contributed by atoms with van der Waals surface area (Å²) in [5, 5.41) is 0. The molecule has 1 aliphatic heterocycles. The van der Waals surface area contributed by atoms with Crippen LogP contribution in [-0.2, 0) is 19.5 Å². The van der Waals surface area contributed by atoms with Gasteiger partial charge in [0, 0.05) is 37.3 Å². The van der Waals surface area contributed by atoms with Gasteiger partial charge < -0.3 is 5.73 Å². The maximum atomic E-state index is 12.8. The minimum absolute atomic E-state index is 0.0282. The number of hydrogen-bond acceptors (Lipinski definition) is 3. The van der Waals surface area contributed by atoms with Gasteiger partial charge in [-0.2, -0.15) is 0 Å². The molecule has 0 fully saturated rings. The highest BCUT2D eigenvalue weighted by atomic mass is 16.1. The smallest absolute Gasteiger partial charge is 0.259 e. The van der Waals surface area contributed by atoms with Crippen molar-refractivity contribution in [3.8, 4) is 5.69 Å². The summed E-state index contributed by atoms with van der Waals surface area (Å²) in [6.07, 6.45) is 0.900. The van der Waals surface area contributed by atoms with Crippen LogP contribution in [0.2, 0.25) is 0 Å². The van der Waals surface area contributed by atoms with Gasteiger partial charge in [0.2, 0.25) is 0 Å². The minimum Gasteiger partial charge on any atom is -0.326 e. The van der Waals surface area contributed by atoms with E-state index in [1.54, 1.807) is 0 Å². The Bertz CT molecular complexity index is 748. The van der Waals surface area contributed by atoms with Gasteiger partial charge in [-0.05, 0) is 36.7 Å². The number of fused-ring (bicyclic) bond motifs is 1.